The second-order valence-corrected chi connectivity index (χ2v) is 7.65. The van der Waals surface area contributed by atoms with E-state index in [0.717, 1.165) is 10.7 Å². The highest BCUT2D eigenvalue weighted by Crippen LogP contribution is 2.34. The number of hydrogen-bond acceptors (Lipinski definition) is 7. The van der Waals surface area contributed by atoms with E-state index < -0.39 is 18.0 Å². The number of halogens is 2. The molecule has 186 valence electrons. The van der Waals surface area contributed by atoms with Crippen molar-refractivity contribution in [3.63, 3.8) is 0 Å². The van der Waals surface area contributed by atoms with Crippen molar-refractivity contribution < 1.29 is 32.6 Å². The number of amides is 1. The molecule has 36 heavy (non-hydrogen) atoms. The molecule has 0 atom stereocenters. The van der Waals surface area contributed by atoms with E-state index in [1.165, 1.54) is 46.5 Å². The maximum absolute atomic E-state index is 13.9. The SMILES string of the molecule is COc1ccc(-c2cc(C(F)F)n3ncc(C(=O)Nc4cc(OC)c(OC)cc4C(C)=O)c3n2)cc1. The van der Waals surface area contributed by atoms with E-state index in [1.807, 2.05) is 0 Å². The molecule has 2 aromatic carbocycles. The Morgan fingerprint density at radius 2 is 1.61 bits per heavy atom. The summed E-state index contributed by atoms with van der Waals surface area (Å²) in [5.74, 6) is 0.168. The average Bonchev–Trinajstić information content (AvgIpc) is 3.31. The van der Waals surface area contributed by atoms with Gasteiger partial charge in [0, 0.05) is 17.2 Å². The Morgan fingerprint density at radius 1 is 0.944 bits per heavy atom. The van der Waals surface area contributed by atoms with Gasteiger partial charge in [-0.25, -0.2) is 18.3 Å². The van der Waals surface area contributed by atoms with Crippen LogP contribution >= 0.6 is 0 Å². The van der Waals surface area contributed by atoms with Gasteiger partial charge in [-0.2, -0.15) is 5.10 Å². The van der Waals surface area contributed by atoms with Crippen LogP contribution in [0.2, 0.25) is 0 Å². The number of benzene rings is 2. The van der Waals surface area contributed by atoms with Crippen molar-refractivity contribution in [2.45, 2.75) is 13.3 Å². The minimum Gasteiger partial charge on any atom is -0.497 e. The number of fused-ring (bicyclic) bond motifs is 1. The smallest absolute Gasteiger partial charge is 0.280 e. The summed E-state index contributed by atoms with van der Waals surface area (Å²) in [5, 5.41) is 6.61. The number of nitrogens with zero attached hydrogens (tertiary/aromatic N) is 3. The van der Waals surface area contributed by atoms with Crippen molar-refractivity contribution in [1.82, 2.24) is 14.6 Å². The number of carbonyl (C=O) groups is 2. The molecule has 0 bridgehead atoms. The molecule has 0 saturated carbocycles. The number of nitrogens with one attached hydrogen (secondary N) is 1. The summed E-state index contributed by atoms with van der Waals surface area (Å²) in [4.78, 5) is 29.9. The van der Waals surface area contributed by atoms with Gasteiger partial charge < -0.3 is 19.5 Å². The van der Waals surface area contributed by atoms with Crippen molar-refractivity contribution in [2.75, 3.05) is 26.6 Å². The topological polar surface area (TPSA) is 104 Å². The summed E-state index contributed by atoms with van der Waals surface area (Å²) in [7, 11) is 4.35. The van der Waals surface area contributed by atoms with E-state index in [9.17, 15) is 18.4 Å². The standard InChI is InChI=1S/C25H22F2N4O5/c1-13(32)16-9-21(35-3)22(36-4)11-19(16)30-25(33)17-12-28-31-20(23(26)27)10-18(29-24(17)31)14-5-7-15(34-2)8-6-14/h5-12,23H,1-4H3,(H,30,33). The maximum Gasteiger partial charge on any atom is 0.280 e. The van der Waals surface area contributed by atoms with Crippen LogP contribution in [0, 0.1) is 0 Å². The second kappa shape index (κ2) is 9.98. The Morgan fingerprint density at radius 3 is 2.19 bits per heavy atom. The number of carbonyl (C=O) groups excluding carboxylic acids is 2. The average molecular weight is 496 g/mol. The van der Waals surface area contributed by atoms with Gasteiger partial charge >= 0.3 is 0 Å². The van der Waals surface area contributed by atoms with E-state index in [1.54, 1.807) is 24.3 Å². The zero-order valence-electron chi connectivity index (χ0n) is 19.8. The fourth-order valence-corrected chi connectivity index (χ4v) is 3.67. The Hall–Kier alpha value is -4.54. The molecule has 1 amide bonds. The predicted octanol–water partition coefficient (Wildman–Crippen LogP) is 4.81. The molecule has 0 aliphatic carbocycles. The van der Waals surface area contributed by atoms with Gasteiger partial charge in [0.05, 0.1) is 38.9 Å². The predicted molar refractivity (Wildman–Crippen MR) is 127 cm³/mol. The molecule has 0 saturated heterocycles. The normalized spacial score (nSPS) is 11.0. The second-order valence-electron chi connectivity index (χ2n) is 7.65. The first-order valence-electron chi connectivity index (χ1n) is 10.7. The lowest BCUT2D eigenvalue weighted by Crippen LogP contribution is -2.15. The van der Waals surface area contributed by atoms with Crippen LogP contribution in [0.3, 0.4) is 0 Å². The molecule has 2 heterocycles. The van der Waals surface area contributed by atoms with Crippen LogP contribution in [0.15, 0.2) is 48.7 Å². The molecule has 2 aromatic heterocycles. The van der Waals surface area contributed by atoms with Crippen LogP contribution in [0.4, 0.5) is 14.5 Å². The van der Waals surface area contributed by atoms with Crippen molar-refractivity contribution in [3.05, 3.63) is 65.5 Å². The molecule has 0 aliphatic rings. The lowest BCUT2D eigenvalue weighted by molar-refractivity contribution is 0.101. The molecular weight excluding hydrogens is 474 g/mol. The summed E-state index contributed by atoms with van der Waals surface area (Å²) in [6, 6.07) is 10.8. The van der Waals surface area contributed by atoms with Gasteiger partial charge in [-0.3, -0.25) is 9.59 Å². The minimum atomic E-state index is -2.88. The molecule has 4 rings (SSSR count). The largest absolute Gasteiger partial charge is 0.497 e. The van der Waals surface area contributed by atoms with Gasteiger partial charge in [0.15, 0.2) is 22.9 Å². The highest BCUT2D eigenvalue weighted by atomic mass is 19.3. The highest BCUT2D eigenvalue weighted by Gasteiger charge is 2.23. The molecule has 11 heteroatoms. The third kappa shape index (κ3) is 4.54. The number of ketones is 1. The number of rotatable bonds is 8. The Kier molecular flexibility index (Phi) is 6.82. The van der Waals surface area contributed by atoms with E-state index >= 15 is 0 Å². The summed E-state index contributed by atoms with van der Waals surface area (Å²) < 4.78 is 44.3. The van der Waals surface area contributed by atoms with Gasteiger partial charge in [0.1, 0.15) is 17.0 Å². The number of anilines is 1. The van der Waals surface area contributed by atoms with Crippen LogP contribution in [0.1, 0.15) is 39.8 Å². The third-order valence-corrected chi connectivity index (χ3v) is 5.50. The fraction of sp³-hybridized carbons (Fsp3) is 0.200. The van der Waals surface area contributed by atoms with Gasteiger partial charge in [0.2, 0.25) is 0 Å². The van der Waals surface area contributed by atoms with Gasteiger partial charge in [0.25, 0.3) is 12.3 Å². The summed E-state index contributed by atoms with van der Waals surface area (Å²) in [6.07, 6.45) is -1.73. The maximum atomic E-state index is 13.9. The van der Waals surface area contributed by atoms with Crippen LogP contribution in [0.5, 0.6) is 17.2 Å². The van der Waals surface area contributed by atoms with E-state index in [4.69, 9.17) is 14.2 Å². The van der Waals surface area contributed by atoms with Crippen molar-refractivity contribution in [3.8, 4) is 28.5 Å². The quantitative estimate of drug-likeness (QED) is 0.349. The molecule has 0 unspecified atom stereocenters. The molecule has 0 spiro atoms. The van der Waals surface area contributed by atoms with Crippen LogP contribution in [0.25, 0.3) is 16.9 Å². The zero-order chi connectivity index (χ0) is 26.0. The molecule has 0 aliphatic heterocycles. The molecule has 1 N–H and O–H groups in total. The fourth-order valence-electron chi connectivity index (χ4n) is 3.67. The van der Waals surface area contributed by atoms with E-state index in [-0.39, 0.29) is 39.7 Å². The highest BCUT2D eigenvalue weighted by molar-refractivity contribution is 6.12. The Labute approximate surface area is 204 Å². The summed E-state index contributed by atoms with van der Waals surface area (Å²) >= 11 is 0. The van der Waals surface area contributed by atoms with Crippen LogP contribution in [-0.4, -0.2) is 47.6 Å². The molecule has 9 nitrogen and oxygen atoms in total. The lowest BCUT2D eigenvalue weighted by atomic mass is 10.1. The lowest BCUT2D eigenvalue weighted by Gasteiger charge is -2.14. The van der Waals surface area contributed by atoms with Gasteiger partial charge in [-0.15, -0.1) is 0 Å². The first-order valence-corrected chi connectivity index (χ1v) is 10.7. The monoisotopic (exact) mass is 496 g/mol. The summed E-state index contributed by atoms with van der Waals surface area (Å²) in [6.45, 7) is 1.34. The van der Waals surface area contributed by atoms with Gasteiger partial charge in [-0.05, 0) is 43.3 Å². The van der Waals surface area contributed by atoms with Gasteiger partial charge in [-0.1, -0.05) is 0 Å². The minimum absolute atomic E-state index is 0.0588. The van der Waals surface area contributed by atoms with Crippen molar-refractivity contribution in [1.29, 1.82) is 0 Å². The number of alkyl halides is 2. The first kappa shape index (κ1) is 24.6. The number of methoxy groups -OCH3 is 3. The third-order valence-electron chi connectivity index (χ3n) is 5.50. The molecular formula is C25H22F2N4O5. The number of aromatic nitrogens is 3. The van der Waals surface area contributed by atoms with Crippen LogP contribution in [-0.2, 0) is 0 Å². The molecule has 0 radical (unpaired) electrons. The summed E-state index contributed by atoms with van der Waals surface area (Å²) in [5.41, 5.74) is 0.553. The van der Waals surface area contributed by atoms with Crippen molar-refractivity contribution in [2.24, 2.45) is 0 Å². The van der Waals surface area contributed by atoms with E-state index in [2.05, 4.69) is 15.4 Å². The zero-order valence-corrected chi connectivity index (χ0v) is 19.8. The number of hydrogen-bond donors (Lipinski definition) is 1. The number of ether oxygens (including phenoxy) is 3. The Bertz CT molecular complexity index is 1450. The Balaban J connectivity index is 1.80. The van der Waals surface area contributed by atoms with Crippen molar-refractivity contribution >= 4 is 23.0 Å². The van der Waals surface area contributed by atoms with Crippen LogP contribution < -0.4 is 19.5 Å². The van der Waals surface area contributed by atoms with E-state index in [0.29, 0.717) is 17.1 Å². The number of Topliss-reactive ketones (excluding diaryl/α,β-unsaturated/α-hetero) is 1. The first-order chi connectivity index (χ1) is 17.3. The molecule has 0 fully saturated rings. The molecule has 4 aromatic rings.